The lowest BCUT2D eigenvalue weighted by Gasteiger charge is -2.10. The van der Waals surface area contributed by atoms with E-state index in [4.69, 9.17) is 21.5 Å². The molecule has 1 amide bonds. The second-order valence-corrected chi connectivity index (χ2v) is 4.32. The van der Waals surface area contributed by atoms with Crippen LogP contribution in [0.5, 0.6) is 5.75 Å². The lowest BCUT2D eigenvalue weighted by atomic mass is 10.1. The second kappa shape index (κ2) is 5.92. The molecule has 21 heavy (non-hydrogen) atoms. The molecule has 0 aliphatic heterocycles. The van der Waals surface area contributed by atoms with Gasteiger partial charge in [-0.25, -0.2) is 4.39 Å². The van der Waals surface area contributed by atoms with Gasteiger partial charge in [-0.3, -0.25) is 4.79 Å². The number of benzene rings is 2. The van der Waals surface area contributed by atoms with Gasteiger partial charge in [0.25, 0.3) is 0 Å². The third-order valence-corrected chi connectivity index (χ3v) is 2.87. The number of nitrogens with two attached hydrogens (primary N) is 2. The topological polar surface area (TPSA) is 102 Å². The van der Waals surface area contributed by atoms with Gasteiger partial charge >= 0.3 is 0 Å². The summed E-state index contributed by atoms with van der Waals surface area (Å²) < 4.78 is 19.0. The van der Waals surface area contributed by atoms with Crippen molar-refractivity contribution in [3.05, 3.63) is 58.9 Å². The van der Waals surface area contributed by atoms with E-state index in [1.165, 1.54) is 24.3 Å². The number of amides is 1. The van der Waals surface area contributed by atoms with Gasteiger partial charge < -0.3 is 16.2 Å². The van der Waals surface area contributed by atoms with E-state index >= 15 is 0 Å². The van der Waals surface area contributed by atoms with E-state index in [9.17, 15) is 9.18 Å². The third-order valence-electron chi connectivity index (χ3n) is 2.87. The number of rotatable bonds is 4. The fraction of sp³-hybridized carbons (Fsp3) is 0.0667. The van der Waals surface area contributed by atoms with Gasteiger partial charge in [0.15, 0.2) is 11.6 Å². The Kier molecular flexibility index (Phi) is 4.05. The van der Waals surface area contributed by atoms with Crippen LogP contribution in [0.4, 0.5) is 10.1 Å². The minimum absolute atomic E-state index is 0.0207. The number of nitrogen functional groups attached to an aromatic ring is 1. The molecule has 4 N–H and O–H groups in total. The van der Waals surface area contributed by atoms with E-state index < -0.39 is 11.7 Å². The number of nitrogens with zero attached hydrogens (tertiary/aromatic N) is 1. The normalized spacial score (nSPS) is 9.90. The average molecular weight is 285 g/mol. The van der Waals surface area contributed by atoms with Crippen molar-refractivity contribution in [2.24, 2.45) is 5.73 Å². The van der Waals surface area contributed by atoms with Gasteiger partial charge in [0.2, 0.25) is 5.91 Å². The van der Waals surface area contributed by atoms with Crippen LogP contribution in [0, 0.1) is 17.1 Å². The molecule has 0 aliphatic rings. The van der Waals surface area contributed by atoms with Crippen molar-refractivity contribution < 1.29 is 13.9 Å². The summed E-state index contributed by atoms with van der Waals surface area (Å²) in [5.41, 5.74) is 12.4. The predicted molar refractivity (Wildman–Crippen MR) is 74.8 cm³/mol. The van der Waals surface area contributed by atoms with E-state index in [1.807, 2.05) is 6.07 Å². The number of nitriles is 1. The molecular formula is C15H12FN3O2. The predicted octanol–water partition coefficient (Wildman–Crippen LogP) is 1.96. The summed E-state index contributed by atoms with van der Waals surface area (Å²) in [6.07, 6.45) is 0. The van der Waals surface area contributed by atoms with Crippen LogP contribution in [-0.2, 0) is 6.61 Å². The highest BCUT2D eigenvalue weighted by atomic mass is 19.1. The zero-order valence-electron chi connectivity index (χ0n) is 11.0. The summed E-state index contributed by atoms with van der Waals surface area (Å²) in [6, 6.07) is 10.3. The van der Waals surface area contributed by atoms with E-state index in [0.29, 0.717) is 16.8 Å². The maximum atomic E-state index is 13.6. The van der Waals surface area contributed by atoms with Gasteiger partial charge in [0.1, 0.15) is 6.61 Å². The van der Waals surface area contributed by atoms with E-state index in [1.54, 1.807) is 6.07 Å². The van der Waals surface area contributed by atoms with Crippen LogP contribution in [0.15, 0.2) is 36.4 Å². The molecule has 0 fully saturated rings. The smallest absolute Gasteiger partial charge is 0.248 e. The Bertz CT molecular complexity index is 738. The standard InChI is InChI=1S/C15H12FN3O2/c16-12-5-9(7-17)1-4-14(12)21-8-11-3-2-10(15(19)20)6-13(11)18/h1-6H,8,18H2,(H2,19,20). The van der Waals surface area contributed by atoms with Crippen molar-refractivity contribution >= 4 is 11.6 Å². The average Bonchev–Trinajstić information content (AvgIpc) is 2.46. The highest BCUT2D eigenvalue weighted by Gasteiger charge is 2.08. The Morgan fingerprint density at radius 1 is 1.29 bits per heavy atom. The number of hydrogen-bond acceptors (Lipinski definition) is 4. The van der Waals surface area contributed by atoms with Crippen LogP contribution in [0.2, 0.25) is 0 Å². The number of hydrogen-bond donors (Lipinski definition) is 2. The zero-order valence-corrected chi connectivity index (χ0v) is 11.0. The first-order valence-electron chi connectivity index (χ1n) is 6.02. The zero-order chi connectivity index (χ0) is 15.4. The first-order valence-corrected chi connectivity index (χ1v) is 6.02. The molecule has 0 unspecified atom stereocenters. The minimum atomic E-state index is -0.624. The summed E-state index contributed by atoms with van der Waals surface area (Å²) in [5, 5.41) is 8.66. The van der Waals surface area contributed by atoms with Crippen LogP contribution >= 0.6 is 0 Å². The lowest BCUT2D eigenvalue weighted by molar-refractivity contribution is 0.100. The van der Waals surface area contributed by atoms with Gasteiger partial charge in [-0.05, 0) is 30.3 Å². The SMILES string of the molecule is N#Cc1ccc(OCc2ccc(C(N)=O)cc2N)c(F)c1. The molecule has 2 rings (SSSR count). The summed E-state index contributed by atoms with van der Waals surface area (Å²) in [7, 11) is 0. The maximum absolute atomic E-state index is 13.6. The molecule has 0 saturated heterocycles. The second-order valence-electron chi connectivity index (χ2n) is 4.32. The molecule has 0 bridgehead atoms. The molecule has 0 aliphatic carbocycles. The van der Waals surface area contributed by atoms with Gasteiger partial charge in [-0.2, -0.15) is 5.26 Å². The Balaban J connectivity index is 2.13. The van der Waals surface area contributed by atoms with Gasteiger partial charge in [0.05, 0.1) is 11.6 Å². The fourth-order valence-electron chi connectivity index (χ4n) is 1.72. The summed E-state index contributed by atoms with van der Waals surface area (Å²) in [4.78, 5) is 11.0. The largest absolute Gasteiger partial charge is 0.486 e. The molecule has 2 aromatic rings. The van der Waals surface area contributed by atoms with Crippen molar-refractivity contribution in [3.8, 4) is 11.8 Å². The molecule has 0 radical (unpaired) electrons. The molecule has 0 aromatic heterocycles. The number of carbonyl (C=O) groups excluding carboxylic acids is 1. The van der Waals surface area contributed by atoms with Crippen LogP contribution < -0.4 is 16.2 Å². The number of halogens is 1. The number of anilines is 1. The van der Waals surface area contributed by atoms with E-state index in [0.717, 1.165) is 6.07 Å². The molecule has 2 aromatic carbocycles. The summed E-state index contributed by atoms with van der Waals surface area (Å²) >= 11 is 0. The van der Waals surface area contributed by atoms with Gasteiger partial charge in [0, 0.05) is 16.8 Å². The Hall–Kier alpha value is -3.07. The Labute approximate surface area is 120 Å². The number of carbonyl (C=O) groups is 1. The molecular weight excluding hydrogens is 273 g/mol. The molecule has 0 saturated carbocycles. The van der Waals surface area contributed by atoms with Crippen molar-refractivity contribution in [1.29, 1.82) is 5.26 Å². The fourth-order valence-corrected chi connectivity index (χ4v) is 1.72. The minimum Gasteiger partial charge on any atom is -0.486 e. The first-order chi connectivity index (χ1) is 10.0. The van der Waals surface area contributed by atoms with E-state index in [2.05, 4.69) is 0 Å². The third kappa shape index (κ3) is 3.28. The van der Waals surface area contributed by atoms with Crippen LogP contribution in [0.1, 0.15) is 21.5 Å². The monoisotopic (exact) mass is 285 g/mol. The highest BCUT2D eigenvalue weighted by molar-refractivity contribution is 5.93. The van der Waals surface area contributed by atoms with E-state index in [-0.39, 0.29) is 17.9 Å². The maximum Gasteiger partial charge on any atom is 0.248 e. The van der Waals surface area contributed by atoms with Crippen LogP contribution in [0.3, 0.4) is 0 Å². The van der Waals surface area contributed by atoms with Gasteiger partial charge in [-0.15, -0.1) is 0 Å². The Morgan fingerprint density at radius 2 is 2.05 bits per heavy atom. The molecule has 0 heterocycles. The van der Waals surface area contributed by atoms with Crippen molar-refractivity contribution in [2.45, 2.75) is 6.61 Å². The molecule has 0 spiro atoms. The van der Waals surface area contributed by atoms with Gasteiger partial charge in [-0.1, -0.05) is 6.07 Å². The molecule has 6 heteroatoms. The number of primary amides is 1. The van der Waals surface area contributed by atoms with Crippen molar-refractivity contribution in [1.82, 2.24) is 0 Å². The molecule has 0 atom stereocenters. The molecule has 5 nitrogen and oxygen atoms in total. The first kappa shape index (κ1) is 14.3. The number of ether oxygens (including phenoxy) is 1. The van der Waals surface area contributed by atoms with Crippen LogP contribution in [-0.4, -0.2) is 5.91 Å². The van der Waals surface area contributed by atoms with Crippen molar-refractivity contribution in [3.63, 3.8) is 0 Å². The summed E-state index contributed by atoms with van der Waals surface area (Å²) in [5.74, 6) is -1.18. The lowest BCUT2D eigenvalue weighted by Crippen LogP contribution is -2.12. The van der Waals surface area contributed by atoms with Crippen LogP contribution in [0.25, 0.3) is 0 Å². The summed E-state index contributed by atoms with van der Waals surface area (Å²) in [6.45, 7) is 0.0354. The quantitative estimate of drug-likeness (QED) is 0.838. The highest BCUT2D eigenvalue weighted by Crippen LogP contribution is 2.21. The Morgan fingerprint density at radius 3 is 2.62 bits per heavy atom. The van der Waals surface area contributed by atoms with Crippen molar-refractivity contribution in [2.75, 3.05) is 5.73 Å². The molecule has 106 valence electrons.